The van der Waals surface area contributed by atoms with Crippen molar-refractivity contribution in [3.63, 3.8) is 0 Å². The van der Waals surface area contributed by atoms with Crippen LogP contribution < -0.4 is 0 Å². The van der Waals surface area contributed by atoms with Crippen molar-refractivity contribution in [2.24, 2.45) is 0 Å². The molecule has 6 heteroatoms. The van der Waals surface area contributed by atoms with E-state index < -0.39 is 0 Å². The number of furan rings is 1. The Balaban J connectivity index is 1.50. The molecule has 0 aliphatic carbocycles. The molecule has 1 aliphatic rings. The predicted molar refractivity (Wildman–Crippen MR) is 90.5 cm³/mol. The minimum absolute atomic E-state index is 0.0854. The fraction of sp³-hybridized carbons (Fsp3) is 0.294. The third-order valence-electron chi connectivity index (χ3n) is 4.16. The van der Waals surface area contributed by atoms with Crippen molar-refractivity contribution in [3.8, 4) is 0 Å². The first-order valence-corrected chi connectivity index (χ1v) is 8.73. The van der Waals surface area contributed by atoms with Crippen LogP contribution in [0.25, 0.3) is 11.0 Å². The molecule has 1 saturated heterocycles. The highest BCUT2D eigenvalue weighted by atomic mass is 32.2. The monoisotopic (exact) mass is 327 g/mol. The molecule has 1 unspecified atom stereocenters. The molecule has 5 nitrogen and oxygen atoms in total. The number of fused-ring (bicyclic) bond motifs is 1. The van der Waals surface area contributed by atoms with Gasteiger partial charge in [0, 0.05) is 24.4 Å². The average Bonchev–Trinajstić information content (AvgIpc) is 3.21. The quantitative estimate of drug-likeness (QED) is 0.783. The largest absolute Gasteiger partial charge is 0.468 e. The van der Waals surface area contributed by atoms with Gasteiger partial charge in [0.2, 0.25) is 0 Å². The maximum absolute atomic E-state index is 12.8. The van der Waals surface area contributed by atoms with E-state index in [1.807, 2.05) is 47.0 Å². The van der Waals surface area contributed by atoms with Gasteiger partial charge in [-0.15, -0.1) is 11.8 Å². The Bertz CT molecular complexity index is 812. The topological polar surface area (TPSA) is 62.1 Å². The molecule has 23 heavy (non-hydrogen) atoms. The van der Waals surface area contributed by atoms with Gasteiger partial charge in [-0.25, -0.2) is 4.98 Å². The summed E-state index contributed by atoms with van der Waals surface area (Å²) in [5.74, 6) is 2.01. The number of carbonyl (C=O) groups excluding carboxylic acids is 1. The number of hydrogen-bond acceptors (Lipinski definition) is 4. The molecule has 3 heterocycles. The van der Waals surface area contributed by atoms with Crippen molar-refractivity contribution in [1.82, 2.24) is 14.9 Å². The number of aromatic nitrogens is 2. The minimum atomic E-state index is 0.0854. The summed E-state index contributed by atoms with van der Waals surface area (Å²) >= 11 is 1.86. The van der Waals surface area contributed by atoms with E-state index in [0.29, 0.717) is 10.8 Å². The van der Waals surface area contributed by atoms with Gasteiger partial charge in [-0.05, 0) is 36.8 Å². The van der Waals surface area contributed by atoms with Crippen LogP contribution in [-0.2, 0) is 0 Å². The van der Waals surface area contributed by atoms with Crippen LogP contribution in [0.3, 0.4) is 0 Å². The number of thioether (sulfide) groups is 1. The fourth-order valence-electron chi connectivity index (χ4n) is 2.93. The molecule has 1 aliphatic heterocycles. The third-order valence-corrected chi connectivity index (χ3v) is 5.45. The van der Waals surface area contributed by atoms with E-state index in [4.69, 9.17) is 4.42 Å². The van der Waals surface area contributed by atoms with E-state index in [1.165, 1.54) is 0 Å². The van der Waals surface area contributed by atoms with Gasteiger partial charge in [0.1, 0.15) is 5.76 Å². The Morgan fingerprint density at radius 2 is 2.30 bits per heavy atom. The number of nitrogens with zero attached hydrogens (tertiary/aromatic N) is 2. The van der Waals surface area contributed by atoms with Crippen LogP contribution in [0.1, 0.15) is 27.8 Å². The van der Waals surface area contributed by atoms with Crippen LogP contribution in [0.4, 0.5) is 0 Å². The average molecular weight is 327 g/mol. The van der Waals surface area contributed by atoms with Gasteiger partial charge >= 0.3 is 0 Å². The van der Waals surface area contributed by atoms with Gasteiger partial charge in [-0.3, -0.25) is 4.79 Å². The molecule has 4 rings (SSSR count). The van der Waals surface area contributed by atoms with Crippen LogP contribution in [-0.4, -0.2) is 39.6 Å². The molecule has 1 N–H and O–H groups in total. The van der Waals surface area contributed by atoms with Crippen molar-refractivity contribution >= 4 is 28.7 Å². The van der Waals surface area contributed by atoms with Gasteiger partial charge in [-0.1, -0.05) is 0 Å². The van der Waals surface area contributed by atoms with Crippen molar-refractivity contribution in [2.45, 2.75) is 11.7 Å². The van der Waals surface area contributed by atoms with Crippen molar-refractivity contribution in [3.05, 3.63) is 54.2 Å². The molecule has 0 radical (unpaired) electrons. The number of hydrogen-bond donors (Lipinski definition) is 1. The first-order valence-electron chi connectivity index (χ1n) is 7.69. The standard InChI is InChI=1S/C17H17N3O2S/c21-17(12-3-4-13-14(10-12)19-11-18-13)20-6-5-16(23-9-7-20)15-2-1-8-22-15/h1-4,8,10-11,16H,5-7,9H2,(H,18,19). The number of benzene rings is 1. The lowest BCUT2D eigenvalue weighted by Crippen LogP contribution is -2.32. The van der Waals surface area contributed by atoms with Crippen molar-refractivity contribution < 1.29 is 9.21 Å². The van der Waals surface area contributed by atoms with Gasteiger partial charge in [-0.2, -0.15) is 0 Å². The summed E-state index contributed by atoms with van der Waals surface area (Å²) in [7, 11) is 0. The highest BCUT2D eigenvalue weighted by Gasteiger charge is 2.24. The highest BCUT2D eigenvalue weighted by Crippen LogP contribution is 2.34. The van der Waals surface area contributed by atoms with E-state index in [1.54, 1.807) is 12.6 Å². The van der Waals surface area contributed by atoms with Crippen LogP contribution in [0.5, 0.6) is 0 Å². The zero-order valence-corrected chi connectivity index (χ0v) is 13.4. The lowest BCUT2D eigenvalue weighted by atomic mass is 10.1. The maximum atomic E-state index is 12.8. The van der Waals surface area contributed by atoms with Gasteiger partial charge < -0.3 is 14.3 Å². The number of amides is 1. The molecule has 1 amide bonds. The van der Waals surface area contributed by atoms with E-state index in [0.717, 1.165) is 42.1 Å². The second-order valence-electron chi connectivity index (χ2n) is 5.59. The van der Waals surface area contributed by atoms with Crippen LogP contribution in [0.2, 0.25) is 0 Å². The Kier molecular flexibility index (Phi) is 3.83. The molecule has 1 fully saturated rings. The number of imidazole rings is 1. The Hall–Kier alpha value is -2.21. The molecule has 0 spiro atoms. The normalized spacial score (nSPS) is 19.0. The number of aromatic amines is 1. The van der Waals surface area contributed by atoms with Crippen LogP contribution in [0.15, 0.2) is 47.3 Å². The number of carbonyl (C=O) groups is 1. The molecule has 1 aromatic carbocycles. The summed E-state index contributed by atoms with van der Waals surface area (Å²) in [6.45, 7) is 1.51. The van der Waals surface area contributed by atoms with Crippen LogP contribution >= 0.6 is 11.8 Å². The van der Waals surface area contributed by atoms with E-state index >= 15 is 0 Å². The Labute approximate surface area is 138 Å². The molecular weight excluding hydrogens is 310 g/mol. The first kappa shape index (κ1) is 14.4. The second kappa shape index (κ2) is 6.12. The van der Waals surface area contributed by atoms with Crippen LogP contribution in [0, 0.1) is 0 Å². The zero-order chi connectivity index (χ0) is 15.6. The summed E-state index contributed by atoms with van der Waals surface area (Å²) in [4.78, 5) is 22.0. The van der Waals surface area contributed by atoms with Gasteiger partial charge in [0.25, 0.3) is 5.91 Å². The summed E-state index contributed by atoms with van der Waals surface area (Å²) in [5.41, 5.74) is 2.49. The van der Waals surface area contributed by atoms with Gasteiger partial charge in [0.05, 0.1) is 28.9 Å². The van der Waals surface area contributed by atoms with E-state index in [-0.39, 0.29) is 5.91 Å². The van der Waals surface area contributed by atoms with Gasteiger partial charge in [0.15, 0.2) is 0 Å². The van der Waals surface area contributed by atoms with Crippen molar-refractivity contribution in [2.75, 3.05) is 18.8 Å². The Morgan fingerprint density at radius 1 is 1.35 bits per heavy atom. The minimum Gasteiger partial charge on any atom is -0.468 e. The maximum Gasteiger partial charge on any atom is 0.253 e. The summed E-state index contributed by atoms with van der Waals surface area (Å²) < 4.78 is 5.51. The summed E-state index contributed by atoms with van der Waals surface area (Å²) in [6, 6.07) is 9.56. The molecule has 3 aromatic rings. The summed E-state index contributed by atoms with van der Waals surface area (Å²) in [5, 5.41) is 0.331. The Morgan fingerprint density at radius 3 is 3.17 bits per heavy atom. The van der Waals surface area contributed by atoms with E-state index in [9.17, 15) is 4.79 Å². The summed E-state index contributed by atoms with van der Waals surface area (Å²) in [6.07, 6.45) is 4.27. The third kappa shape index (κ3) is 2.86. The molecule has 1 atom stereocenters. The molecular formula is C17H17N3O2S. The number of nitrogens with one attached hydrogen (secondary N) is 1. The lowest BCUT2D eigenvalue weighted by molar-refractivity contribution is 0.0766. The highest BCUT2D eigenvalue weighted by molar-refractivity contribution is 7.99. The number of H-pyrrole nitrogens is 1. The predicted octanol–water partition coefficient (Wildman–Crippen LogP) is 3.48. The smallest absolute Gasteiger partial charge is 0.253 e. The fourth-order valence-corrected chi connectivity index (χ4v) is 4.11. The molecule has 0 bridgehead atoms. The zero-order valence-electron chi connectivity index (χ0n) is 12.6. The van der Waals surface area contributed by atoms with E-state index in [2.05, 4.69) is 9.97 Å². The molecule has 118 valence electrons. The SMILES string of the molecule is O=C(c1ccc2nc[nH]c2c1)N1CCSC(c2ccco2)CC1. The second-order valence-corrected chi connectivity index (χ2v) is 6.90. The lowest BCUT2D eigenvalue weighted by Gasteiger charge is -2.20. The molecule has 0 saturated carbocycles. The number of rotatable bonds is 2. The van der Waals surface area contributed by atoms with Crippen molar-refractivity contribution in [1.29, 1.82) is 0 Å². The molecule has 2 aromatic heterocycles. The first-order chi connectivity index (χ1) is 11.3.